The molecule has 0 fully saturated rings. The molecule has 0 aliphatic rings. The Labute approximate surface area is 45.3 Å². The topological polar surface area (TPSA) is 52.0 Å². The van der Waals surface area contributed by atoms with Crippen molar-refractivity contribution < 1.29 is 8.81 Å². The zero-order valence-electron chi connectivity index (χ0n) is 4.31. The van der Waals surface area contributed by atoms with Crippen molar-refractivity contribution in [1.82, 2.24) is 4.98 Å². The van der Waals surface area contributed by atoms with Gasteiger partial charge in [0.15, 0.2) is 0 Å². The number of halogens is 1. The molecule has 2 N–H and O–H groups in total. The number of hydrogen-bond acceptors (Lipinski definition) is 3. The summed E-state index contributed by atoms with van der Waals surface area (Å²) >= 11 is 0. The Morgan fingerprint density at radius 2 is 2.38 bits per heavy atom. The van der Waals surface area contributed by atoms with Gasteiger partial charge in [-0.05, 0) is 6.92 Å². The number of anilines is 1. The largest absolute Gasteiger partial charge is 0.397 e. The van der Waals surface area contributed by atoms with Crippen LogP contribution in [-0.4, -0.2) is 4.98 Å². The third kappa shape index (κ3) is 0.641. The summed E-state index contributed by atoms with van der Waals surface area (Å²) in [4.78, 5) is 3.45. The highest BCUT2D eigenvalue weighted by Gasteiger charge is 2.02. The van der Waals surface area contributed by atoms with E-state index in [4.69, 9.17) is 5.73 Å². The lowest BCUT2D eigenvalue weighted by atomic mass is 10.6. The average molecular weight is 116 g/mol. The average Bonchev–Trinajstić information content (AvgIpc) is 1.85. The van der Waals surface area contributed by atoms with Crippen molar-refractivity contribution in [3.8, 4) is 0 Å². The molecule has 0 bridgehead atoms. The Bertz CT molecular complexity index is 176. The molecule has 4 heteroatoms. The Morgan fingerprint density at radius 1 is 1.75 bits per heavy atom. The predicted molar refractivity (Wildman–Crippen MR) is 25.6 cm³/mol. The lowest BCUT2D eigenvalue weighted by Crippen LogP contribution is -1.81. The maximum Gasteiger partial charge on any atom is 0.302 e. The minimum Gasteiger partial charge on any atom is -0.397 e. The summed E-state index contributed by atoms with van der Waals surface area (Å²) in [6.07, 6.45) is 0. The molecule has 0 atom stereocenters. The van der Waals surface area contributed by atoms with Gasteiger partial charge in [0.05, 0.1) is 0 Å². The van der Waals surface area contributed by atoms with Gasteiger partial charge in [-0.15, -0.1) is 0 Å². The van der Waals surface area contributed by atoms with Crippen molar-refractivity contribution in [1.29, 1.82) is 0 Å². The standard InChI is InChI=1S/C4H5FN2O/c1-2-3(5)8-4(6)7-2/h1H3,(H2,6,7). The summed E-state index contributed by atoms with van der Waals surface area (Å²) in [5, 5.41) is 0. The van der Waals surface area contributed by atoms with E-state index in [-0.39, 0.29) is 11.7 Å². The molecule has 0 amide bonds. The second-order valence-electron chi connectivity index (χ2n) is 1.41. The first-order valence-corrected chi connectivity index (χ1v) is 2.08. The number of nitrogens with two attached hydrogens (primary N) is 1. The van der Waals surface area contributed by atoms with E-state index in [2.05, 4.69) is 9.40 Å². The van der Waals surface area contributed by atoms with Crippen LogP contribution < -0.4 is 5.73 Å². The van der Waals surface area contributed by atoms with Gasteiger partial charge in [0.1, 0.15) is 5.69 Å². The van der Waals surface area contributed by atoms with Crippen molar-refractivity contribution in [2.75, 3.05) is 5.73 Å². The van der Waals surface area contributed by atoms with Crippen molar-refractivity contribution in [2.24, 2.45) is 0 Å². The van der Waals surface area contributed by atoms with E-state index in [1.54, 1.807) is 0 Å². The molecule has 1 aromatic rings. The number of hydrogen-bond donors (Lipinski definition) is 1. The van der Waals surface area contributed by atoms with E-state index in [1.165, 1.54) is 6.92 Å². The summed E-state index contributed by atoms with van der Waals surface area (Å²) < 4.78 is 16.2. The summed E-state index contributed by atoms with van der Waals surface area (Å²) in [5.41, 5.74) is 5.16. The van der Waals surface area contributed by atoms with Crippen LogP contribution in [0.5, 0.6) is 0 Å². The minimum absolute atomic E-state index is 0.125. The van der Waals surface area contributed by atoms with Gasteiger partial charge in [0.25, 0.3) is 6.01 Å². The monoisotopic (exact) mass is 116 g/mol. The van der Waals surface area contributed by atoms with E-state index in [1.807, 2.05) is 0 Å². The van der Waals surface area contributed by atoms with Crippen molar-refractivity contribution >= 4 is 6.01 Å². The molecule has 8 heavy (non-hydrogen) atoms. The third-order valence-corrected chi connectivity index (χ3v) is 0.757. The summed E-state index contributed by atoms with van der Waals surface area (Å²) in [7, 11) is 0. The van der Waals surface area contributed by atoms with Gasteiger partial charge in [-0.3, -0.25) is 0 Å². The van der Waals surface area contributed by atoms with Crippen LogP contribution in [0.2, 0.25) is 0 Å². The van der Waals surface area contributed by atoms with Crippen LogP contribution in [0.3, 0.4) is 0 Å². The quantitative estimate of drug-likeness (QED) is 0.543. The Morgan fingerprint density at radius 3 is 2.50 bits per heavy atom. The molecular weight excluding hydrogens is 111 g/mol. The summed E-state index contributed by atoms with van der Waals surface area (Å²) in [6.45, 7) is 1.48. The molecule has 0 aliphatic carbocycles. The third-order valence-electron chi connectivity index (χ3n) is 0.757. The Balaban J connectivity index is 3.14. The van der Waals surface area contributed by atoms with E-state index in [0.717, 1.165) is 0 Å². The molecule has 1 aromatic heterocycles. The van der Waals surface area contributed by atoms with Crippen LogP contribution in [0.25, 0.3) is 0 Å². The van der Waals surface area contributed by atoms with E-state index in [0.29, 0.717) is 0 Å². The SMILES string of the molecule is Cc1nc(N)oc1F. The minimum atomic E-state index is -0.706. The zero-order valence-corrected chi connectivity index (χ0v) is 4.31. The molecule has 0 aromatic carbocycles. The highest BCUT2D eigenvalue weighted by molar-refractivity contribution is 5.12. The molecule has 1 heterocycles. The van der Waals surface area contributed by atoms with Crippen LogP contribution in [0.4, 0.5) is 10.4 Å². The van der Waals surface area contributed by atoms with E-state index >= 15 is 0 Å². The van der Waals surface area contributed by atoms with Crippen molar-refractivity contribution in [3.63, 3.8) is 0 Å². The smallest absolute Gasteiger partial charge is 0.302 e. The number of nitrogen functional groups attached to an aromatic ring is 1. The number of rotatable bonds is 0. The molecule has 0 unspecified atom stereocenters. The lowest BCUT2D eigenvalue weighted by Gasteiger charge is -1.71. The molecule has 44 valence electrons. The summed E-state index contributed by atoms with van der Waals surface area (Å²) in [6, 6.07) is -0.831. The summed E-state index contributed by atoms with van der Waals surface area (Å²) in [5.74, 6) is 0. The molecule has 0 saturated heterocycles. The highest BCUT2D eigenvalue weighted by atomic mass is 19.1. The molecule has 0 saturated carbocycles. The van der Waals surface area contributed by atoms with E-state index in [9.17, 15) is 4.39 Å². The fourth-order valence-electron chi connectivity index (χ4n) is 0.398. The number of nitrogens with zero attached hydrogens (tertiary/aromatic N) is 1. The number of aromatic nitrogens is 1. The normalized spacial score (nSPS) is 9.75. The maximum atomic E-state index is 12.0. The maximum absolute atomic E-state index is 12.0. The predicted octanol–water partition coefficient (Wildman–Crippen LogP) is 0.704. The lowest BCUT2D eigenvalue weighted by molar-refractivity contribution is 0.365. The molecule has 0 aliphatic heterocycles. The number of aryl methyl sites for hydroxylation is 1. The van der Waals surface area contributed by atoms with E-state index < -0.39 is 6.01 Å². The van der Waals surface area contributed by atoms with Gasteiger partial charge in [0.2, 0.25) is 0 Å². The second-order valence-corrected chi connectivity index (χ2v) is 1.41. The molecular formula is C4H5FN2O. The van der Waals surface area contributed by atoms with Crippen molar-refractivity contribution in [3.05, 3.63) is 11.7 Å². The Hall–Kier alpha value is -1.06. The highest BCUT2D eigenvalue weighted by Crippen LogP contribution is 2.07. The first-order valence-electron chi connectivity index (χ1n) is 2.08. The first-order chi connectivity index (χ1) is 3.70. The van der Waals surface area contributed by atoms with Gasteiger partial charge in [-0.25, -0.2) is 0 Å². The molecule has 3 nitrogen and oxygen atoms in total. The fraction of sp³-hybridized carbons (Fsp3) is 0.250. The van der Waals surface area contributed by atoms with Gasteiger partial charge in [-0.1, -0.05) is 0 Å². The van der Waals surface area contributed by atoms with Crippen LogP contribution in [0, 0.1) is 12.9 Å². The number of oxazole rings is 1. The first kappa shape index (κ1) is 5.08. The van der Waals surface area contributed by atoms with Gasteiger partial charge in [-0.2, -0.15) is 9.37 Å². The fourth-order valence-corrected chi connectivity index (χ4v) is 0.398. The van der Waals surface area contributed by atoms with Gasteiger partial charge in [0, 0.05) is 0 Å². The molecule has 1 rings (SSSR count). The van der Waals surface area contributed by atoms with Crippen LogP contribution in [-0.2, 0) is 0 Å². The van der Waals surface area contributed by atoms with Crippen LogP contribution in [0.1, 0.15) is 5.69 Å². The van der Waals surface area contributed by atoms with Gasteiger partial charge < -0.3 is 10.2 Å². The second kappa shape index (κ2) is 1.47. The molecule has 0 radical (unpaired) electrons. The van der Waals surface area contributed by atoms with Crippen LogP contribution in [0.15, 0.2) is 4.42 Å². The Kier molecular flexibility index (Phi) is 0.932. The zero-order chi connectivity index (χ0) is 6.15. The van der Waals surface area contributed by atoms with Crippen molar-refractivity contribution in [2.45, 2.75) is 6.92 Å². The molecule has 0 spiro atoms. The van der Waals surface area contributed by atoms with Gasteiger partial charge >= 0.3 is 6.01 Å². The van der Waals surface area contributed by atoms with Crippen LogP contribution >= 0.6 is 0 Å².